The average molecular weight is 485 g/mol. The number of hydrogen-bond acceptors (Lipinski definition) is 5. The van der Waals surface area contributed by atoms with Crippen LogP contribution in [0.3, 0.4) is 0 Å². The van der Waals surface area contributed by atoms with Crippen LogP contribution in [0, 0.1) is 5.92 Å². The van der Waals surface area contributed by atoms with Gasteiger partial charge in [-0.25, -0.2) is 0 Å². The van der Waals surface area contributed by atoms with Gasteiger partial charge in [-0.2, -0.15) is 0 Å². The lowest BCUT2D eigenvalue weighted by Gasteiger charge is -2.22. The summed E-state index contributed by atoms with van der Waals surface area (Å²) < 4.78 is 5.07. The molecule has 7 heteroatoms. The summed E-state index contributed by atoms with van der Waals surface area (Å²) in [4.78, 5) is 34.9. The van der Waals surface area contributed by atoms with Gasteiger partial charge in [-0.3, -0.25) is 14.4 Å². The number of nitrogens with one attached hydrogen (secondary N) is 1. The third-order valence-corrected chi connectivity index (χ3v) is 4.80. The van der Waals surface area contributed by atoms with E-state index in [0.29, 0.717) is 19.4 Å². The molecule has 0 heterocycles. The van der Waals surface area contributed by atoms with Crippen LogP contribution in [-0.2, 0) is 25.5 Å². The lowest BCUT2D eigenvalue weighted by Crippen LogP contribution is -2.39. The van der Waals surface area contributed by atoms with Crippen molar-refractivity contribution in [3.8, 4) is 11.1 Å². The van der Waals surface area contributed by atoms with Gasteiger partial charge in [-0.1, -0.05) is 61.5 Å². The Labute approximate surface area is 209 Å². The maximum absolute atomic E-state index is 12.2. The summed E-state index contributed by atoms with van der Waals surface area (Å²) in [5.74, 6) is -2.03. The molecule has 0 aliphatic heterocycles. The van der Waals surface area contributed by atoms with Gasteiger partial charge < -0.3 is 20.9 Å². The zero-order valence-electron chi connectivity index (χ0n) is 21.5. The van der Waals surface area contributed by atoms with Gasteiger partial charge in [0, 0.05) is 18.0 Å². The predicted octanol–water partition coefficient (Wildman–Crippen LogP) is 4.58. The van der Waals surface area contributed by atoms with Gasteiger partial charge in [-0.05, 0) is 57.2 Å². The fraction of sp³-hybridized carbons (Fsp3) is 0.464. The molecule has 0 aromatic heterocycles. The fourth-order valence-corrected chi connectivity index (χ4v) is 3.27. The lowest BCUT2D eigenvalue weighted by atomic mass is 9.94. The number of nitrogens with two attached hydrogens (primary N) is 1. The predicted molar refractivity (Wildman–Crippen MR) is 139 cm³/mol. The lowest BCUT2D eigenvalue weighted by molar-refractivity contribution is -0.148. The normalized spacial score (nSPS) is 12.5. The molecule has 1 amide bonds. The number of rotatable bonds is 11. The number of hydrogen-bond donors (Lipinski definition) is 3. The third-order valence-electron chi connectivity index (χ3n) is 4.80. The average Bonchev–Trinajstić information content (AvgIpc) is 2.78. The summed E-state index contributed by atoms with van der Waals surface area (Å²) >= 11 is 0. The van der Waals surface area contributed by atoms with Gasteiger partial charge in [0.25, 0.3) is 0 Å². The number of aliphatic carboxylic acids is 1. The van der Waals surface area contributed by atoms with Crippen LogP contribution in [-0.4, -0.2) is 41.1 Å². The first-order chi connectivity index (χ1) is 16.4. The highest BCUT2D eigenvalue weighted by atomic mass is 16.5. The van der Waals surface area contributed by atoms with Crippen molar-refractivity contribution >= 4 is 17.8 Å². The highest BCUT2D eigenvalue weighted by Gasteiger charge is 2.22. The first-order valence-electron chi connectivity index (χ1n) is 12.0. The first-order valence-corrected chi connectivity index (χ1v) is 12.0. The van der Waals surface area contributed by atoms with E-state index in [-0.39, 0.29) is 42.2 Å². The van der Waals surface area contributed by atoms with E-state index in [0.717, 1.165) is 16.7 Å². The van der Waals surface area contributed by atoms with E-state index >= 15 is 0 Å². The van der Waals surface area contributed by atoms with Crippen molar-refractivity contribution in [3.63, 3.8) is 0 Å². The fourth-order valence-electron chi connectivity index (χ4n) is 3.27. The van der Waals surface area contributed by atoms with Crippen LogP contribution in [0.15, 0.2) is 54.6 Å². The van der Waals surface area contributed by atoms with Crippen LogP contribution in [0.1, 0.15) is 59.4 Å². The van der Waals surface area contributed by atoms with Gasteiger partial charge in [0.05, 0.1) is 18.9 Å². The number of amides is 1. The molecule has 35 heavy (non-hydrogen) atoms. The number of benzene rings is 2. The smallest absolute Gasteiger partial charge is 0.308 e. The highest BCUT2D eigenvalue weighted by Crippen LogP contribution is 2.21. The minimum atomic E-state index is -1.02. The summed E-state index contributed by atoms with van der Waals surface area (Å²) in [6.07, 6.45) is 0.639. The zero-order chi connectivity index (χ0) is 26.4. The summed E-state index contributed by atoms with van der Waals surface area (Å²) in [6, 6.07) is 17.8. The molecule has 2 atom stereocenters. The Morgan fingerprint density at radius 3 is 2.03 bits per heavy atom. The van der Waals surface area contributed by atoms with E-state index in [1.807, 2.05) is 75.4 Å². The van der Waals surface area contributed by atoms with Crippen LogP contribution in [0.2, 0.25) is 0 Å². The third kappa shape index (κ3) is 14.0. The van der Waals surface area contributed by atoms with E-state index in [4.69, 9.17) is 15.6 Å². The SMILES string of the molecule is CC(C)(C)N.CCOC(=O)[C@H](C)C[C@@H](Cc1ccc(-c2ccccc2)cc1)NC(=O)CCC(=O)O. The summed E-state index contributed by atoms with van der Waals surface area (Å²) in [5, 5.41) is 11.7. The van der Waals surface area contributed by atoms with Gasteiger partial charge in [-0.15, -0.1) is 0 Å². The van der Waals surface area contributed by atoms with Crippen molar-refractivity contribution in [1.29, 1.82) is 0 Å². The van der Waals surface area contributed by atoms with Crippen molar-refractivity contribution in [3.05, 3.63) is 60.2 Å². The maximum atomic E-state index is 12.2. The molecule has 0 radical (unpaired) electrons. The Morgan fingerprint density at radius 2 is 1.51 bits per heavy atom. The largest absolute Gasteiger partial charge is 0.481 e. The summed E-state index contributed by atoms with van der Waals surface area (Å²) in [7, 11) is 0. The molecule has 2 aromatic carbocycles. The minimum absolute atomic E-state index is 0. The molecular weight excluding hydrogens is 444 g/mol. The number of carboxylic acid groups (broad SMARTS) is 1. The van der Waals surface area contributed by atoms with Crippen LogP contribution in [0.25, 0.3) is 11.1 Å². The molecule has 0 aliphatic carbocycles. The monoisotopic (exact) mass is 484 g/mol. The second-order valence-electron chi connectivity index (χ2n) is 9.68. The number of esters is 1. The zero-order valence-corrected chi connectivity index (χ0v) is 21.5. The molecule has 0 bridgehead atoms. The Morgan fingerprint density at radius 1 is 0.971 bits per heavy atom. The molecule has 0 fully saturated rings. The van der Waals surface area contributed by atoms with E-state index < -0.39 is 5.97 Å². The second-order valence-corrected chi connectivity index (χ2v) is 9.68. The van der Waals surface area contributed by atoms with Crippen molar-refractivity contribution in [2.24, 2.45) is 11.7 Å². The Bertz CT molecular complexity index is 915. The first kappa shape index (κ1) is 29.8. The molecule has 2 rings (SSSR count). The minimum Gasteiger partial charge on any atom is -0.481 e. The van der Waals surface area contributed by atoms with Crippen molar-refractivity contribution < 1.29 is 24.2 Å². The Kier molecular flexibility index (Phi) is 12.7. The van der Waals surface area contributed by atoms with E-state index in [1.165, 1.54) is 0 Å². The Hall–Kier alpha value is -3.19. The van der Waals surface area contributed by atoms with Crippen LogP contribution >= 0.6 is 0 Å². The van der Waals surface area contributed by atoms with Crippen LogP contribution < -0.4 is 11.1 Å². The molecule has 2 aromatic rings. The number of carboxylic acids is 1. The molecule has 4 N–H and O–H groups in total. The van der Waals surface area contributed by atoms with E-state index in [1.54, 1.807) is 13.8 Å². The van der Waals surface area contributed by atoms with E-state index in [2.05, 4.69) is 5.32 Å². The number of ether oxygens (including phenoxy) is 1. The molecule has 7 nitrogen and oxygen atoms in total. The number of carbonyl (C=O) groups is 3. The maximum Gasteiger partial charge on any atom is 0.308 e. The molecule has 0 unspecified atom stereocenters. The van der Waals surface area contributed by atoms with Crippen molar-refractivity contribution in [2.45, 2.75) is 71.9 Å². The highest BCUT2D eigenvalue weighted by molar-refractivity contribution is 5.81. The molecule has 0 saturated carbocycles. The number of carbonyl (C=O) groups excluding carboxylic acids is 2. The van der Waals surface area contributed by atoms with Crippen LogP contribution in [0.4, 0.5) is 0 Å². The molecule has 192 valence electrons. The quantitative estimate of drug-likeness (QED) is 0.402. The summed E-state index contributed by atoms with van der Waals surface area (Å²) in [6.45, 7) is 9.73. The van der Waals surface area contributed by atoms with Crippen molar-refractivity contribution in [1.82, 2.24) is 5.32 Å². The van der Waals surface area contributed by atoms with E-state index in [9.17, 15) is 14.4 Å². The molecule has 0 saturated heterocycles. The Balaban J connectivity index is 0.00000111. The topological polar surface area (TPSA) is 119 Å². The molecular formula is C28H40N2O5. The van der Waals surface area contributed by atoms with Gasteiger partial charge in [0.15, 0.2) is 0 Å². The standard InChI is InChI=1S/C24H29NO5.C4H11N/c1-3-30-24(29)17(2)15-21(25-22(26)13-14-23(27)28)16-18-9-11-20(12-10-18)19-7-5-4-6-8-19;1-4(2,3)5/h4-12,17,21H,3,13-16H2,1-2H3,(H,25,26)(H,27,28);5H2,1-3H3/t17-,21+;/m1./s1. The van der Waals surface area contributed by atoms with Crippen LogP contribution in [0.5, 0.6) is 0 Å². The van der Waals surface area contributed by atoms with Gasteiger partial charge in [0.1, 0.15) is 0 Å². The molecule has 0 spiro atoms. The van der Waals surface area contributed by atoms with Gasteiger partial charge >= 0.3 is 11.9 Å². The molecule has 0 aliphatic rings. The van der Waals surface area contributed by atoms with Gasteiger partial charge in [0.2, 0.25) is 5.91 Å². The van der Waals surface area contributed by atoms with Crippen molar-refractivity contribution in [2.75, 3.05) is 6.61 Å². The second kappa shape index (κ2) is 14.9. The summed E-state index contributed by atoms with van der Waals surface area (Å²) in [5.41, 5.74) is 8.60.